The second kappa shape index (κ2) is 4.01. The minimum Gasteiger partial charge on any atom is -0.352 e. The monoisotopic (exact) mass is 200 g/mol. The molecule has 1 N–H and O–H groups in total. The van der Waals surface area contributed by atoms with Crippen LogP contribution in [0.1, 0.15) is 12.0 Å². The Morgan fingerprint density at radius 3 is 3.20 bits per heavy atom. The fraction of sp³-hybridized carbons (Fsp3) is 0.273. The molecule has 0 spiro atoms. The summed E-state index contributed by atoms with van der Waals surface area (Å²) in [6.45, 7) is 2.71. The molecule has 0 bridgehead atoms. The SMILES string of the molecule is C#CCCNc1nc2c(C)cccn2n1. The van der Waals surface area contributed by atoms with E-state index >= 15 is 0 Å². The number of aryl methyl sites for hydroxylation is 1. The van der Waals surface area contributed by atoms with Crippen LogP contribution in [0, 0.1) is 19.3 Å². The fourth-order valence-corrected chi connectivity index (χ4v) is 1.36. The Labute approximate surface area is 88.3 Å². The minimum atomic E-state index is 0.625. The van der Waals surface area contributed by atoms with Crippen LogP contribution >= 0.6 is 0 Å². The molecular weight excluding hydrogens is 188 g/mol. The number of aromatic nitrogens is 3. The molecule has 4 nitrogen and oxygen atoms in total. The number of fused-ring (bicyclic) bond motifs is 1. The van der Waals surface area contributed by atoms with Crippen molar-refractivity contribution in [3.8, 4) is 12.3 Å². The smallest absolute Gasteiger partial charge is 0.243 e. The second-order valence-corrected chi connectivity index (χ2v) is 3.28. The van der Waals surface area contributed by atoms with Gasteiger partial charge in [-0.25, -0.2) is 4.52 Å². The molecule has 2 rings (SSSR count). The quantitative estimate of drug-likeness (QED) is 0.602. The van der Waals surface area contributed by atoms with Crippen molar-refractivity contribution in [1.29, 1.82) is 0 Å². The van der Waals surface area contributed by atoms with Gasteiger partial charge in [-0.15, -0.1) is 17.4 Å². The maximum absolute atomic E-state index is 5.16. The van der Waals surface area contributed by atoms with Gasteiger partial charge < -0.3 is 5.32 Å². The average Bonchev–Trinajstić information content (AvgIpc) is 2.63. The van der Waals surface area contributed by atoms with E-state index in [-0.39, 0.29) is 0 Å². The maximum Gasteiger partial charge on any atom is 0.243 e. The van der Waals surface area contributed by atoms with E-state index in [1.165, 1.54) is 0 Å². The number of terminal acetylenes is 1. The maximum atomic E-state index is 5.16. The third-order valence-corrected chi connectivity index (χ3v) is 2.11. The molecule has 2 aromatic rings. The lowest BCUT2D eigenvalue weighted by molar-refractivity contribution is 0.944. The molecule has 0 aromatic carbocycles. The summed E-state index contributed by atoms with van der Waals surface area (Å²) in [6, 6.07) is 3.96. The van der Waals surface area contributed by atoms with Crippen molar-refractivity contribution in [2.45, 2.75) is 13.3 Å². The van der Waals surface area contributed by atoms with Crippen molar-refractivity contribution in [3.05, 3.63) is 23.9 Å². The first-order valence-electron chi connectivity index (χ1n) is 4.80. The van der Waals surface area contributed by atoms with Crippen LogP contribution in [0.4, 0.5) is 5.95 Å². The predicted molar refractivity (Wildman–Crippen MR) is 59.7 cm³/mol. The average molecular weight is 200 g/mol. The first kappa shape index (κ1) is 9.53. The lowest BCUT2D eigenvalue weighted by Gasteiger charge is -1.94. The molecular formula is C11H12N4. The van der Waals surface area contributed by atoms with Crippen LogP contribution in [0.15, 0.2) is 18.3 Å². The number of nitrogens with one attached hydrogen (secondary N) is 1. The van der Waals surface area contributed by atoms with Crippen LogP contribution in [0.5, 0.6) is 0 Å². The van der Waals surface area contributed by atoms with Gasteiger partial charge in [0.25, 0.3) is 0 Å². The molecule has 0 saturated heterocycles. The summed E-state index contributed by atoms with van der Waals surface area (Å²) in [5, 5.41) is 7.35. The van der Waals surface area contributed by atoms with E-state index in [9.17, 15) is 0 Å². The zero-order chi connectivity index (χ0) is 10.7. The topological polar surface area (TPSA) is 42.2 Å². The van der Waals surface area contributed by atoms with Gasteiger partial charge in [0.1, 0.15) is 0 Å². The summed E-state index contributed by atoms with van der Waals surface area (Å²) in [4.78, 5) is 4.36. The Morgan fingerprint density at radius 2 is 2.47 bits per heavy atom. The van der Waals surface area contributed by atoms with E-state index in [1.807, 2.05) is 25.3 Å². The van der Waals surface area contributed by atoms with Crippen molar-refractivity contribution in [2.24, 2.45) is 0 Å². The molecule has 0 radical (unpaired) electrons. The van der Waals surface area contributed by atoms with Crippen molar-refractivity contribution in [1.82, 2.24) is 14.6 Å². The number of rotatable bonds is 3. The van der Waals surface area contributed by atoms with Crippen LogP contribution in [-0.4, -0.2) is 21.1 Å². The molecule has 0 unspecified atom stereocenters. The lowest BCUT2D eigenvalue weighted by Crippen LogP contribution is -2.01. The Hall–Kier alpha value is -2.02. The summed E-state index contributed by atoms with van der Waals surface area (Å²) in [5.74, 6) is 3.18. The Morgan fingerprint density at radius 1 is 1.60 bits per heavy atom. The van der Waals surface area contributed by atoms with Gasteiger partial charge >= 0.3 is 0 Å². The standard InChI is InChI=1S/C11H12N4/c1-3-4-7-12-11-13-10-9(2)6-5-8-15(10)14-11/h1,5-6,8H,4,7H2,2H3,(H,12,14). The normalized spacial score (nSPS) is 10.1. The van der Waals surface area contributed by atoms with Gasteiger partial charge in [-0.1, -0.05) is 6.07 Å². The molecule has 0 atom stereocenters. The minimum absolute atomic E-state index is 0.625. The van der Waals surface area contributed by atoms with Crippen LogP contribution in [-0.2, 0) is 0 Å². The Balaban J connectivity index is 2.24. The summed E-state index contributed by atoms with van der Waals surface area (Å²) in [5.41, 5.74) is 1.98. The van der Waals surface area contributed by atoms with E-state index < -0.39 is 0 Å². The molecule has 4 heteroatoms. The molecule has 0 aliphatic rings. The van der Waals surface area contributed by atoms with Crippen LogP contribution in [0.3, 0.4) is 0 Å². The zero-order valence-corrected chi connectivity index (χ0v) is 8.57. The highest BCUT2D eigenvalue weighted by molar-refractivity contribution is 5.49. The van der Waals surface area contributed by atoms with Gasteiger partial charge in [0.05, 0.1) is 0 Å². The summed E-state index contributed by atoms with van der Waals surface area (Å²) >= 11 is 0. The third-order valence-electron chi connectivity index (χ3n) is 2.11. The molecule has 0 saturated carbocycles. The van der Waals surface area contributed by atoms with E-state index in [2.05, 4.69) is 21.3 Å². The predicted octanol–water partition coefficient (Wildman–Crippen LogP) is 1.47. The van der Waals surface area contributed by atoms with Crippen molar-refractivity contribution in [2.75, 3.05) is 11.9 Å². The van der Waals surface area contributed by atoms with Gasteiger partial charge in [-0.05, 0) is 18.6 Å². The lowest BCUT2D eigenvalue weighted by atomic mass is 10.3. The van der Waals surface area contributed by atoms with E-state index in [0.717, 1.165) is 11.2 Å². The second-order valence-electron chi connectivity index (χ2n) is 3.28. The van der Waals surface area contributed by atoms with E-state index in [0.29, 0.717) is 18.9 Å². The van der Waals surface area contributed by atoms with E-state index in [4.69, 9.17) is 6.42 Å². The highest BCUT2D eigenvalue weighted by Crippen LogP contribution is 2.09. The third kappa shape index (κ3) is 1.91. The molecule has 0 aliphatic carbocycles. The molecule has 15 heavy (non-hydrogen) atoms. The number of pyridine rings is 1. The Kier molecular flexibility index (Phi) is 2.55. The molecule has 0 fully saturated rings. The fourth-order valence-electron chi connectivity index (χ4n) is 1.36. The van der Waals surface area contributed by atoms with Crippen LogP contribution in [0.2, 0.25) is 0 Å². The van der Waals surface area contributed by atoms with Crippen molar-refractivity contribution >= 4 is 11.6 Å². The van der Waals surface area contributed by atoms with Gasteiger partial charge in [0, 0.05) is 19.2 Å². The van der Waals surface area contributed by atoms with Crippen molar-refractivity contribution < 1.29 is 0 Å². The molecule has 2 aromatic heterocycles. The number of hydrogen-bond donors (Lipinski definition) is 1. The van der Waals surface area contributed by atoms with Gasteiger partial charge in [-0.3, -0.25) is 0 Å². The highest BCUT2D eigenvalue weighted by atomic mass is 15.3. The van der Waals surface area contributed by atoms with Crippen molar-refractivity contribution in [3.63, 3.8) is 0 Å². The number of hydrogen-bond acceptors (Lipinski definition) is 3. The first-order valence-corrected chi connectivity index (χ1v) is 4.80. The highest BCUT2D eigenvalue weighted by Gasteiger charge is 2.03. The summed E-state index contributed by atoms with van der Waals surface area (Å²) < 4.78 is 1.76. The van der Waals surface area contributed by atoms with Gasteiger partial charge in [0.15, 0.2) is 5.65 Å². The first-order chi connectivity index (χ1) is 7.31. The van der Waals surface area contributed by atoms with Crippen LogP contribution < -0.4 is 5.32 Å². The Bertz CT molecular complexity index is 507. The molecule has 0 aliphatic heterocycles. The number of anilines is 1. The molecule has 2 heterocycles. The molecule has 0 amide bonds. The van der Waals surface area contributed by atoms with Gasteiger partial charge in [0.2, 0.25) is 5.95 Å². The van der Waals surface area contributed by atoms with Crippen LogP contribution in [0.25, 0.3) is 5.65 Å². The number of nitrogens with zero attached hydrogens (tertiary/aromatic N) is 3. The van der Waals surface area contributed by atoms with Gasteiger partial charge in [-0.2, -0.15) is 4.98 Å². The van der Waals surface area contributed by atoms with E-state index in [1.54, 1.807) is 4.52 Å². The zero-order valence-electron chi connectivity index (χ0n) is 8.57. The summed E-state index contributed by atoms with van der Waals surface area (Å²) in [6.07, 6.45) is 7.71. The molecule has 76 valence electrons. The summed E-state index contributed by atoms with van der Waals surface area (Å²) in [7, 11) is 0. The largest absolute Gasteiger partial charge is 0.352 e.